The summed E-state index contributed by atoms with van der Waals surface area (Å²) in [6, 6.07) is 12.5. The van der Waals surface area contributed by atoms with Crippen molar-refractivity contribution in [3.05, 3.63) is 64.3 Å². The second-order valence-electron chi connectivity index (χ2n) is 7.89. The first-order chi connectivity index (χ1) is 14.9. The second kappa shape index (κ2) is 8.73. The zero-order valence-electron chi connectivity index (χ0n) is 17.9. The smallest absolute Gasteiger partial charge is 0.282 e. The summed E-state index contributed by atoms with van der Waals surface area (Å²) in [4.78, 5) is 30.4. The Morgan fingerprint density at radius 2 is 1.68 bits per heavy atom. The van der Waals surface area contributed by atoms with Gasteiger partial charge in [0.1, 0.15) is 11.4 Å². The summed E-state index contributed by atoms with van der Waals surface area (Å²) in [5, 5.41) is 0.558. The second-order valence-corrected chi connectivity index (χ2v) is 8.33. The van der Waals surface area contributed by atoms with Crippen LogP contribution < -0.4 is 9.64 Å². The van der Waals surface area contributed by atoms with E-state index in [0.29, 0.717) is 53.8 Å². The fourth-order valence-electron chi connectivity index (χ4n) is 3.92. The molecule has 1 fully saturated rings. The van der Waals surface area contributed by atoms with Crippen LogP contribution in [0.5, 0.6) is 5.75 Å². The minimum Gasteiger partial charge on any atom is -0.491 e. The Kier molecular flexibility index (Phi) is 6.03. The lowest BCUT2D eigenvalue weighted by molar-refractivity contribution is -0.121. The molecular formula is C24H25ClN2O4. The van der Waals surface area contributed by atoms with E-state index in [1.54, 1.807) is 18.2 Å². The van der Waals surface area contributed by atoms with Crippen molar-refractivity contribution >= 4 is 34.7 Å². The van der Waals surface area contributed by atoms with Crippen LogP contribution in [0.25, 0.3) is 5.57 Å². The summed E-state index contributed by atoms with van der Waals surface area (Å²) in [5.41, 5.74) is 2.81. The number of benzene rings is 2. The molecule has 0 saturated carbocycles. The summed E-state index contributed by atoms with van der Waals surface area (Å²) in [7, 11) is 0. The van der Waals surface area contributed by atoms with E-state index in [1.807, 2.05) is 49.9 Å². The van der Waals surface area contributed by atoms with Crippen LogP contribution in [0.3, 0.4) is 0 Å². The van der Waals surface area contributed by atoms with E-state index in [9.17, 15) is 9.59 Å². The van der Waals surface area contributed by atoms with Crippen LogP contribution in [-0.2, 0) is 14.3 Å². The zero-order valence-corrected chi connectivity index (χ0v) is 18.6. The maximum atomic E-state index is 13.6. The van der Waals surface area contributed by atoms with Gasteiger partial charge in [0.05, 0.1) is 30.6 Å². The number of anilines is 1. The Hall–Kier alpha value is -2.83. The molecule has 7 heteroatoms. The number of amides is 2. The van der Waals surface area contributed by atoms with Gasteiger partial charge in [0.15, 0.2) is 0 Å². The third kappa shape index (κ3) is 4.18. The number of ether oxygens (including phenoxy) is 2. The lowest BCUT2D eigenvalue weighted by Gasteiger charge is -2.29. The van der Waals surface area contributed by atoms with Crippen molar-refractivity contribution in [2.24, 2.45) is 0 Å². The molecule has 0 N–H and O–H groups in total. The quantitative estimate of drug-likeness (QED) is 0.656. The fourth-order valence-corrected chi connectivity index (χ4v) is 4.15. The molecule has 0 radical (unpaired) electrons. The van der Waals surface area contributed by atoms with E-state index in [1.165, 1.54) is 4.90 Å². The summed E-state index contributed by atoms with van der Waals surface area (Å²) in [6.07, 6.45) is 0.0482. The molecular weight excluding hydrogens is 416 g/mol. The van der Waals surface area contributed by atoms with Gasteiger partial charge in [-0.3, -0.25) is 9.59 Å². The number of halogens is 1. The van der Waals surface area contributed by atoms with Crippen LogP contribution in [-0.4, -0.2) is 49.1 Å². The number of nitrogens with zero attached hydrogens (tertiary/aromatic N) is 2. The van der Waals surface area contributed by atoms with E-state index < -0.39 is 0 Å². The Morgan fingerprint density at radius 1 is 1.00 bits per heavy atom. The molecule has 6 nitrogen and oxygen atoms in total. The molecule has 2 heterocycles. The third-order valence-corrected chi connectivity index (χ3v) is 5.54. The molecule has 0 spiro atoms. The summed E-state index contributed by atoms with van der Waals surface area (Å²) in [5.74, 6) is 0.0544. The zero-order chi connectivity index (χ0) is 22.1. The normalized spacial score (nSPS) is 17.2. The van der Waals surface area contributed by atoms with Gasteiger partial charge in [-0.2, -0.15) is 0 Å². The predicted octanol–water partition coefficient (Wildman–Crippen LogP) is 4.05. The summed E-state index contributed by atoms with van der Waals surface area (Å²) >= 11 is 6.09. The SMILES string of the molecule is Cc1cc(Cl)ccc1N1C(=O)C(c2ccc(OC(C)C)cc2)=C(N2CCOCC2)C1=O. The molecule has 2 aromatic rings. The van der Waals surface area contributed by atoms with Gasteiger partial charge in [0.2, 0.25) is 0 Å². The molecule has 2 aliphatic heterocycles. The predicted molar refractivity (Wildman–Crippen MR) is 120 cm³/mol. The van der Waals surface area contributed by atoms with Crippen LogP contribution in [0, 0.1) is 6.92 Å². The molecule has 1 saturated heterocycles. The van der Waals surface area contributed by atoms with Crippen molar-refractivity contribution in [2.45, 2.75) is 26.9 Å². The third-order valence-electron chi connectivity index (χ3n) is 5.30. The standard InChI is InChI=1S/C24H25ClN2O4/c1-15(2)31-19-7-4-17(5-8-19)21-22(26-10-12-30-13-11-26)24(29)27(23(21)28)20-9-6-18(25)14-16(20)3/h4-9,14-15H,10-13H2,1-3H3. The van der Waals surface area contributed by atoms with E-state index in [2.05, 4.69) is 0 Å². The molecule has 0 atom stereocenters. The number of imide groups is 1. The molecule has 31 heavy (non-hydrogen) atoms. The number of hydrogen-bond donors (Lipinski definition) is 0. The van der Waals surface area contributed by atoms with Crippen LogP contribution >= 0.6 is 11.6 Å². The lowest BCUT2D eigenvalue weighted by Crippen LogP contribution is -2.40. The van der Waals surface area contributed by atoms with Gasteiger partial charge in [-0.15, -0.1) is 0 Å². The number of rotatable bonds is 5. The van der Waals surface area contributed by atoms with E-state index in [0.717, 1.165) is 11.3 Å². The average Bonchev–Trinajstić information content (AvgIpc) is 2.99. The highest BCUT2D eigenvalue weighted by Crippen LogP contribution is 2.37. The van der Waals surface area contributed by atoms with Crippen molar-refractivity contribution in [1.82, 2.24) is 4.90 Å². The van der Waals surface area contributed by atoms with Crippen LogP contribution in [0.1, 0.15) is 25.0 Å². The Morgan fingerprint density at radius 3 is 2.29 bits per heavy atom. The van der Waals surface area contributed by atoms with E-state index in [4.69, 9.17) is 21.1 Å². The first-order valence-electron chi connectivity index (χ1n) is 10.4. The van der Waals surface area contributed by atoms with E-state index in [-0.39, 0.29) is 17.9 Å². The van der Waals surface area contributed by atoms with Gasteiger partial charge in [0.25, 0.3) is 11.8 Å². The monoisotopic (exact) mass is 440 g/mol. The molecule has 4 rings (SSSR count). The molecule has 0 aliphatic carbocycles. The number of morpholine rings is 1. The number of carbonyl (C=O) groups excluding carboxylic acids is 2. The highest BCUT2D eigenvalue weighted by molar-refractivity contribution is 6.45. The summed E-state index contributed by atoms with van der Waals surface area (Å²) in [6.45, 7) is 7.89. The molecule has 0 unspecified atom stereocenters. The Bertz CT molecular complexity index is 1040. The average molecular weight is 441 g/mol. The van der Waals surface area contributed by atoms with Crippen molar-refractivity contribution in [3.8, 4) is 5.75 Å². The Balaban J connectivity index is 1.78. The number of hydrogen-bond acceptors (Lipinski definition) is 5. The molecule has 2 amide bonds. The molecule has 162 valence electrons. The van der Waals surface area contributed by atoms with Crippen molar-refractivity contribution in [1.29, 1.82) is 0 Å². The number of carbonyl (C=O) groups is 2. The highest BCUT2D eigenvalue weighted by atomic mass is 35.5. The van der Waals surface area contributed by atoms with Crippen LogP contribution in [0.15, 0.2) is 48.2 Å². The number of aryl methyl sites for hydroxylation is 1. The first kappa shape index (κ1) is 21.4. The summed E-state index contributed by atoms with van der Waals surface area (Å²) < 4.78 is 11.2. The minimum absolute atomic E-state index is 0.0482. The van der Waals surface area contributed by atoms with Gasteiger partial charge in [-0.05, 0) is 62.2 Å². The highest BCUT2D eigenvalue weighted by Gasteiger charge is 2.43. The van der Waals surface area contributed by atoms with Crippen molar-refractivity contribution in [2.75, 3.05) is 31.2 Å². The van der Waals surface area contributed by atoms with Crippen LogP contribution in [0.2, 0.25) is 5.02 Å². The van der Waals surface area contributed by atoms with Crippen molar-refractivity contribution in [3.63, 3.8) is 0 Å². The maximum Gasteiger partial charge on any atom is 0.282 e. The van der Waals surface area contributed by atoms with Gasteiger partial charge < -0.3 is 14.4 Å². The van der Waals surface area contributed by atoms with Gasteiger partial charge >= 0.3 is 0 Å². The van der Waals surface area contributed by atoms with Crippen LogP contribution in [0.4, 0.5) is 5.69 Å². The molecule has 2 aromatic carbocycles. The van der Waals surface area contributed by atoms with Gasteiger partial charge in [-0.25, -0.2) is 4.90 Å². The molecule has 0 aromatic heterocycles. The van der Waals surface area contributed by atoms with Gasteiger partial charge in [0, 0.05) is 18.1 Å². The lowest BCUT2D eigenvalue weighted by atomic mass is 10.0. The topological polar surface area (TPSA) is 59.1 Å². The molecule has 0 bridgehead atoms. The fraction of sp³-hybridized carbons (Fsp3) is 0.333. The van der Waals surface area contributed by atoms with Gasteiger partial charge in [-0.1, -0.05) is 23.7 Å². The Labute approximate surface area is 187 Å². The van der Waals surface area contributed by atoms with E-state index >= 15 is 0 Å². The molecule has 2 aliphatic rings. The maximum absolute atomic E-state index is 13.6. The largest absolute Gasteiger partial charge is 0.491 e. The first-order valence-corrected chi connectivity index (χ1v) is 10.7. The minimum atomic E-state index is -0.338. The van der Waals surface area contributed by atoms with Crippen molar-refractivity contribution < 1.29 is 19.1 Å².